The lowest BCUT2D eigenvalue weighted by Gasteiger charge is -2.14. The average Bonchev–Trinajstić information content (AvgIpc) is 2.18. The molecule has 0 radical (unpaired) electrons. The standard InChI is InChI=1S/C11H16N2O2/c1-13(2)8-3-4-10(14)9(7-8)11(15)5-6-12/h3-4,7,14H,5-6,12H2,1-2H3. The lowest BCUT2D eigenvalue weighted by molar-refractivity contribution is 0.0983. The van der Waals surface area contributed by atoms with Gasteiger partial charge < -0.3 is 15.7 Å². The van der Waals surface area contributed by atoms with Crippen molar-refractivity contribution in [2.45, 2.75) is 6.42 Å². The first-order valence-electron chi connectivity index (χ1n) is 4.80. The zero-order chi connectivity index (χ0) is 11.4. The summed E-state index contributed by atoms with van der Waals surface area (Å²) in [7, 11) is 3.76. The molecule has 1 aromatic carbocycles. The highest BCUT2D eigenvalue weighted by Gasteiger charge is 2.11. The molecule has 0 bridgehead atoms. The van der Waals surface area contributed by atoms with Gasteiger partial charge in [0, 0.05) is 26.2 Å². The highest BCUT2D eigenvalue weighted by molar-refractivity contribution is 5.99. The van der Waals surface area contributed by atoms with Crippen molar-refractivity contribution in [3.8, 4) is 5.75 Å². The molecule has 4 heteroatoms. The van der Waals surface area contributed by atoms with Crippen LogP contribution in [0, 0.1) is 0 Å². The van der Waals surface area contributed by atoms with Crippen LogP contribution in [-0.2, 0) is 0 Å². The molecule has 0 heterocycles. The van der Waals surface area contributed by atoms with Crippen molar-refractivity contribution < 1.29 is 9.90 Å². The molecule has 0 aliphatic heterocycles. The largest absolute Gasteiger partial charge is 0.507 e. The molecule has 0 fully saturated rings. The van der Waals surface area contributed by atoms with Gasteiger partial charge in [-0.3, -0.25) is 4.79 Å². The Kier molecular flexibility index (Phi) is 3.68. The maximum Gasteiger partial charge on any atom is 0.167 e. The van der Waals surface area contributed by atoms with Crippen LogP contribution >= 0.6 is 0 Å². The molecule has 0 atom stereocenters. The van der Waals surface area contributed by atoms with Crippen LogP contribution < -0.4 is 10.6 Å². The first kappa shape index (κ1) is 11.5. The highest BCUT2D eigenvalue weighted by atomic mass is 16.3. The smallest absolute Gasteiger partial charge is 0.167 e. The Morgan fingerprint density at radius 1 is 1.47 bits per heavy atom. The number of hydrogen-bond acceptors (Lipinski definition) is 4. The predicted octanol–water partition coefficient (Wildman–Crippen LogP) is 0.990. The van der Waals surface area contributed by atoms with E-state index in [-0.39, 0.29) is 18.0 Å². The summed E-state index contributed by atoms with van der Waals surface area (Å²) in [6.45, 7) is 0.296. The Balaban J connectivity index is 3.05. The van der Waals surface area contributed by atoms with Gasteiger partial charge in [-0.15, -0.1) is 0 Å². The molecule has 1 aromatic rings. The molecule has 0 spiro atoms. The van der Waals surface area contributed by atoms with E-state index < -0.39 is 0 Å². The second-order valence-corrected chi connectivity index (χ2v) is 3.56. The fourth-order valence-electron chi connectivity index (χ4n) is 1.29. The molecule has 3 N–H and O–H groups in total. The van der Waals surface area contributed by atoms with E-state index in [2.05, 4.69) is 0 Å². The van der Waals surface area contributed by atoms with E-state index in [1.807, 2.05) is 19.0 Å². The summed E-state index contributed by atoms with van der Waals surface area (Å²) in [6, 6.07) is 4.96. The minimum absolute atomic E-state index is 0.0130. The minimum atomic E-state index is -0.126. The number of anilines is 1. The quantitative estimate of drug-likeness (QED) is 0.724. The molecule has 0 aliphatic carbocycles. The highest BCUT2D eigenvalue weighted by Crippen LogP contribution is 2.23. The molecule has 4 nitrogen and oxygen atoms in total. The fraction of sp³-hybridized carbons (Fsp3) is 0.364. The summed E-state index contributed by atoms with van der Waals surface area (Å²) in [5.74, 6) is -0.113. The number of phenolic OH excluding ortho intramolecular Hbond substituents is 1. The van der Waals surface area contributed by atoms with E-state index in [1.54, 1.807) is 12.1 Å². The van der Waals surface area contributed by atoms with Crippen molar-refractivity contribution >= 4 is 11.5 Å². The Morgan fingerprint density at radius 3 is 2.67 bits per heavy atom. The molecule has 0 unspecified atom stereocenters. The maximum absolute atomic E-state index is 11.6. The van der Waals surface area contributed by atoms with Gasteiger partial charge in [0.2, 0.25) is 0 Å². The van der Waals surface area contributed by atoms with Gasteiger partial charge in [0.05, 0.1) is 5.56 Å². The summed E-state index contributed by atoms with van der Waals surface area (Å²) in [5, 5.41) is 9.53. The van der Waals surface area contributed by atoms with Crippen LogP contribution in [0.5, 0.6) is 5.75 Å². The molecule has 0 aliphatic rings. The van der Waals surface area contributed by atoms with Crippen LogP contribution in [0.4, 0.5) is 5.69 Å². The lowest BCUT2D eigenvalue weighted by Crippen LogP contribution is -2.11. The second kappa shape index (κ2) is 4.79. The van der Waals surface area contributed by atoms with Crippen molar-refractivity contribution in [3.63, 3.8) is 0 Å². The molecule has 0 saturated carbocycles. The molecular weight excluding hydrogens is 192 g/mol. The van der Waals surface area contributed by atoms with Gasteiger partial charge in [0.25, 0.3) is 0 Å². The maximum atomic E-state index is 11.6. The minimum Gasteiger partial charge on any atom is -0.507 e. The Morgan fingerprint density at radius 2 is 2.13 bits per heavy atom. The van der Waals surface area contributed by atoms with E-state index in [0.29, 0.717) is 12.1 Å². The number of ketones is 1. The molecule has 82 valence electrons. The topological polar surface area (TPSA) is 66.6 Å². The zero-order valence-corrected chi connectivity index (χ0v) is 9.03. The first-order chi connectivity index (χ1) is 7.06. The Bertz CT molecular complexity index is 362. The normalized spacial score (nSPS) is 10.1. The van der Waals surface area contributed by atoms with Crippen LogP contribution in [-0.4, -0.2) is 31.5 Å². The van der Waals surface area contributed by atoms with Crippen molar-refractivity contribution in [2.75, 3.05) is 25.5 Å². The average molecular weight is 208 g/mol. The van der Waals surface area contributed by atoms with Crippen LogP contribution in [0.15, 0.2) is 18.2 Å². The molecule has 0 aromatic heterocycles. The summed E-state index contributed by atoms with van der Waals surface area (Å²) in [4.78, 5) is 13.5. The molecule has 0 amide bonds. The summed E-state index contributed by atoms with van der Waals surface area (Å²) in [6.07, 6.45) is 0.254. The number of carbonyl (C=O) groups excluding carboxylic acids is 1. The van der Waals surface area contributed by atoms with Gasteiger partial charge in [0.15, 0.2) is 5.78 Å². The van der Waals surface area contributed by atoms with E-state index in [9.17, 15) is 9.90 Å². The van der Waals surface area contributed by atoms with Gasteiger partial charge in [-0.1, -0.05) is 0 Å². The number of phenols is 1. The van der Waals surface area contributed by atoms with Crippen LogP contribution in [0.2, 0.25) is 0 Å². The van der Waals surface area contributed by atoms with E-state index in [1.165, 1.54) is 6.07 Å². The summed E-state index contributed by atoms with van der Waals surface area (Å²) in [5.41, 5.74) is 6.52. The van der Waals surface area contributed by atoms with Gasteiger partial charge in [0.1, 0.15) is 5.75 Å². The fourth-order valence-corrected chi connectivity index (χ4v) is 1.29. The molecular formula is C11H16N2O2. The van der Waals surface area contributed by atoms with E-state index in [0.717, 1.165) is 5.69 Å². The van der Waals surface area contributed by atoms with Crippen molar-refractivity contribution in [2.24, 2.45) is 5.73 Å². The molecule has 1 rings (SSSR count). The van der Waals surface area contributed by atoms with Crippen molar-refractivity contribution in [1.29, 1.82) is 0 Å². The Hall–Kier alpha value is -1.55. The number of benzene rings is 1. The van der Waals surface area contributed by atoms with Crippen molar-refractivity contribution in [1.82, 2.24) is 0 Å². The number of carbonyl (C=O) groups is 1. The van der Waals surface area contributed by atoms with Crippen LogP contribution in [0.3, 0.4) is 0 Å². The molecule has 0 saturated heterocycles. The number of Topliss-reactive ketones (excluding diaryl/α,β-unsaturated/α-hetero) is 1. The monoisotopic (exact) mass is 208 g/mol. The Labute approximate surface area is 89.3 Å². The van der Waals surface area contributed by atoms with Crippen LogP contribution in [0.1, 0.15) is 16.8 Å². The predicted molar refractivity (Wildman–Crippen MR) is 60.4 cm³/mol. The van der Waals surface area contributed by atoms with Gasteiger partial charge in [-0.2, -0.15) is 0 Å². The van der Waals surface area contributed by atoms with Crippen LogP contribution in [0.25, 0.3) is 0 Å². The third-order valence-corrected chi connectivity index (χ3v) is 2.17. The molecule has 15 heavy (non-hydrogen) atoms. The summed E-state index contributed by atoms with van der Waals surface area (Å²) >= 11 is 0. The number of aromatic hydroxyl groups is 1. The number of nitrogens with two attached hydrogens (primary N) is 1. The third-order valence-electron chi connectivity index (χ3n) is 2.17. The van der Waals surface area contributed by atoms with Gasteiger partial charge >= 0.3 is 0 Å². The summed E-state index contributed by atoms with van der Waals surface area (Å²) < 4.78 is 0. The SMILES string of the molecule is CN(C)c1ccc(O)c(C(=O)CCN)c1. The second-order valence-electron chi connectivity index (χ2n) is 3.56. The van der Waals surface area contributed by atoms with E-state index in [4.69, 9.17) is 5.73 Å². The number of nitrogens with zero attached hydrogens (tertiary/aromatic N) is 1. The zero-order valence-electron chi connectivity index (χ0n) is 9.03. The third kappa shape index (κ3) is 2.70. The van der Waals surface area contributed by atoms with Gasteiger partial charge in [-0.25, -0.2) is 0 Å². The lowest BCUT2D eigenvalue weighted by atomic mass is 10.1. The first-order valence-corrected chi connectivity index (χ1v) is 4.80. The van der Waals surface area contributed by atoms with Crippen molar-refractivity contribution in [3.05, 3.63) is 23.8 Å². The van der Waals surface area contributed by atoms with E-state index >= 15 is 0 Å². The number of hydrogen-bond donors (Lipinski definition) is 2. The number of rotatable bonds is 4. The van der Waals surface area contributed by atoms with Gasteiger partial charge in [-0.05, 0) is 24.7 Å².